The molecule has 4 rings (SSSR count). The molecular formula is C23H27N5O2. The van der Waals surface area contributed by atoms with Gasteiger partial charge in [0.25, 0.3) is 5.56 Å². The average molecular weight is 406 g/mol. The highest BCUT2D eigenvalue weighted by atomic mass is 16.2. The van der Waals surface area contributed by atoms with Crippen molar-refractivity contribution in [3.8, 4) is 0 Å². The standard InChI is InChI=1S/C23H27N5O2/c1-27-20-19(12-6-13-24-20)26-21(23(27)30)28-15-7-11-18(16-28)22(29)25-14-5-10-17-8-3-2-4-9-17/h2-4,6,8-9,12-13,18H,5,7,10-11,14-16H2,1H3,(H,25,29). The molecule has 1 fully saturated rings. The van der Waals surface area contributed by atoms with Crippen molar-refractivity contribution in [1.29, 1.82) is 0 Å². The largest absolute Gasteiger partial charge is 0.356 e. The van der Waals surface area contributed by atoms with E-state index in [1.165, 1.54) is 10.1 Å². The molecule has 0 aliphatic carbocycles. The number of aryl methyl sites for hydroxylation is 2. The van der Waals surface area contributed by atoms with Crippen molar-refractivity contribution in [3.05, 3.63) is 64.6 Å². The Morgan fingerprint density at radius 2 is 2.03 bits per heavy atom. The van der Waals surface area contributed by atoms with Crippen LogP contribution < -0.4 is 15.8 Å². The van der Waals surface area contributed by atoms with Crippen molar-refractivity contribution in [3.63, 3.8) is 0 Å². The number of carbonyl (C=O) groups excluding carboxylic acids is 1. The van der Waals surface area contributed by atoms with E-state index in [4.69, 9.17) is 0 Å². The van der Waals surface area contributed by atoms with E-state index in [0.717, 1.165) is 32.2 Å². The van der Waals surface area contributed by atoms with Gasteiger partial charge in [0, 0.05) is 32.9 Å². The molecule has 0 spiro atoms. The first-order chi connectivity index (χ1) is 14.6. The highest BCUT2D eigenvalue weighted by Crippen LogP contribution is 2.21. The van der Waals surface area contributed by atoms with Crippen molar-refractivity contribution >= 4 is 22.9 Å². The van der Waals surface area contributed by atoms with Gasteiger partial charge in [-0.25, -0.2) is 9.97 Å². The smallest absolute Gasteiger partial charge is 0.294 e. The number of hydrogen-bond donors (Lipinski definition) is 1. The van der Waals surface area contributed by atoms with Gasteiger partial charge in [0.2, 0.25) is 5.91 Å². The number of aromatic nitrogens is 3. The van der Waals surface area contributed by atoms with Gasteiger partial charge in [0.1, 0.15) is 5.52 Å². The lowest BCUT2D eigenvalue weighted by molar-refractivity contribution is -0.125. The predicted molar refractivity (Wildman–Crippen MR) is 117 cm³/mol. The SMILES string of the molecule is Cn1c(=O)c(N2CCCC(C(=O)NCCCc3ccccc3)C2)nc2cccnc21. The molecule has 1 N–H and O–H groups in total. The van der Waals surface area contributed by atoms with Gasteiger partial charge in [0.05, 0.1) is 5.92 Å². The Hall–Kier alpha value is -3.22. The molecule has 30 heavy (non-hydrogen) atoms. The Balaban J connectivity index is 1.38. The van der Waals surface area contributed by atoms with Crippen LogP contribution in [-0.4, -0.2) is 40.1 Å². The van der Waals surface area contributed by atoms with Crippen LogP contribution in [0.4, 0.5) is 5.82 Å². The molecule has 2 aromatic heterocycles. The summed E-state index contributed by atoms with van der Waals surface area (Å²) in [6, 6.07) is 13.9. The van der Waals surface area contributed by atoms with E-state index in [-0.39, 0.29) is 17.4 Å². The minimum Gasteiger partial charge on any atom is -0.356 e. The molecular weight excluding hydrogens is 378 g/mol. The fourth-order valence-electron chi connectivity index (χ4n) is 4.02. The number of anilines is 1. The Morgan fingerprint density at radius 1 is 1.20 bits per heavy atom. The molecule has 0 radical (unpaired) electrons. The molecule has 0 saturated carbocycles. The van der Waals surface area contributed by atoms with Gasteiger partial charge in [-0.3, -0.25) is 14.2 Å². The van der Waals surface area contributed by atoms with Crippen LogP contribution in [0, 0.1) is 5.92 Å². The summed E-state index contributed by atoms with van der Waals surface area (Å²) in [6.45, 7) is 1.90. The lowest BCUT2D eigenvalue weighted by Gasteiger charge is -2.32. The van der Waals surface area contributed by atoms with Gasteiger partial charge in [-0.05, 0) is 43.4 Å². The van der Waals surface area contributed by atoms with Crippen molar-refractivity contribution in [2.45, 2.75) is 25.7 Å². The first kappa shape index (κ1) is 20.1. The number of nitrogens with zero attached hydrogens (tertiary/aromatic N) is 4. The number of benzene rings is 1. The van der Waals surface area contributed by atoms with Gasteiger partial charge < -0.3 is 10.2 Å². The second kappa shape index (κ2) is 9.07. The summed E-state index contributed by atoms with van der Waals surface area (Å²) >= 11 is 0. The molecule has 1 aliphatic heterocycles. The fourth-order valence-corrected chi connectivity index (χ4v) is 4.02. The topological polar surface area (TPSA) is 80.1 Å². The van der Waals surface area contributed by atoms with Crippen molar-refractivity contribution in [2.24, 2.45) is 13.0 Å². The van der Waals surface area contributed by atoms with Crippen LogP contribution in [0.25, 0.3) is 11.2 Å². The van der Waals surface area contributed by atoms with E-state index < -0.39 is 0 Å². The first-order valence-electron chi connectivity index (χ1n) is 10.5. The molecule has 1 saturated heterocycles. The second-order valence-corrected chi connectivity index (χ2v) is 7.81. The summed E-state index contributed by atoms with van der Waals surface area (Å²) in [6.07, 6.45) is 5.20. The number of rotatable bonds is 6. The molecule has 7 heteroatoms. The van der Waals surface area contributed by atoms with Crippen LogP contribution >= 0.6 is 0 Å². The summed E-state index contributed by atoms with van der Waals surface area (Å²) in [7, 11) is 1.71. The number of fused-ring (bicyclic) bond motifs is 1. The third-order valence-corrected chi connectivity index (χ3v) is 5.68. The maximum Gasteiger partial charge on any atom is 0.294 e. The van der Waals surface area contributed by atoms with Crippen LogP contribution in [0.15, 0.2) is 53.5 Å². The summed E-state index contributed by atoms with van der Waals surface area (Å²) in [4.78, 5) is 36.3. The predicted octanol–water partition coefficient (Wildman–Crippen LogP) is 2.29. The highest BCUT2D eigenvalue weighted by molar-refractivity contribution is 5.79. The molecule has 0 bridgehead atoms. The second-order valence-electron chi connectivity index (χ2n) is 7.81. The molecule has 3 heterocycles. The highest BCUT2D eigenvalue weighted by Gasteiger charge is 2.28. The van der Waals surface area contributed by atoms with Crippen molar-refractivity contribution < 1.29 is 4.79 Å². The number of nitrogens with one attached hydrogen (secondary N) is 1. The van der Waals surface area contributed by atoms with Gasteiger partial charge >= 0.3 is 0 Å². The van der Waals surface area contributed by atoms with Crippen molar-refractivity contribution in [2.75, 3.05) is 24.5 Å². The van der Waals surface area contributed by atoms with Crippen LogP contribution in [0.1, 0.15) is 24.8 Å². The molecule has 1 aliphatic rings. The first-order valence-corrected chi connectivity index (χ1v) is 10.5. The van der Waals surface area contributed by atoms with E-state index in [0.29, 0.717) is 30.1 Å². The third kappa shape index (κ3) is 4.35. The molecule has 1 aromatic carbocycles. The van der Waals surface area contributed by atoms with Gasteiger partial charge in [-0.1, -0.05) is 30.3 Å². The van der Waals surface area contributed by atoms with Crippen LogP contribution in [0.5, 0.6) is 0 Å². The lowest BCUT2D eigenvalue weighted by atomic mass is 9.97. The maximum absolute atomic E-state index is 12.8. The number of piperidine rings is 1. The number of amides is 1. The van der Waals surface area contributed by atoms with E-state index in [1.807, 2.05) is 35.2 Å². The third-order valence-electron chi connectivity index (χ3n) is 5.68. The van der Waals surface area contributed by atoms with Crippen LogP contribution in [0.2, 0.25) is 0 Å². The van der Waals surface area contributed by atoms with E-state index >= 15 is 0 Å². The molecule has 1 amide bonds. The summed E-state index contributed by atoms with van der Waals surface area (Å²) in [5.41, 5.74) is 2.35. The summed E-state index contributed by atoms with van der Waals surface area (Å²) in [5.74, 6) is 0.332. The zero-order valence-corrected chi connectivity index (χ0v) is 17.3. The molecule has 7 nitrogen and oxygen atoms in total. The lowest BCUT2D eigenvalue weighted by Crippen LogP contribution is -2.45. The Labute approximate surface area is 175 Å². The quantitative estimate of drug-likeness (QED) is 0.637. The van der Waals surface area contributed by atoms with Gasteiger partial charge in [-0.2, -0.15) is 0 Å². The average Bonchev–Trinajstić information content (AvgIpc) is 2.80. The zero-order chi connectivity index (χ0) is 20.9. The maximum atomic E-state index is 12.8. The normalized spacial score (nSPS) is 16.6. The molecule has 1 unspecified atom stereocenters. The summed E-state index contributed by atoms with van der Waals surface area (Å²) in [5, 5.41) is 3.07. The Bertz CT molecular complexity index is 1080. The van der Waals surface area contributed by atoms with Crippen LogP contribution in [-0.2, 0) is 18.3 Å². The van der Waals surface area contributed by atoms with E-state index in [9.17, 15) is 9.59 Å². The monoisotopic (exact) mass is 405 g/mol. The van der Waals surface area contributed by atoms with Gasteiger partial charge in [0.15, 0.2) is 11.5 Å². The Morgan fingerprint density at radius 3 is 2.87 bits per heavy atom. The van der Waals surface area contributed by atoms with Crippen molar-refractivity contribution in [1.82, 2.24) is 19.9 Å². The van der Waals surface area contributed by atoms with E-state index in [1.54, 1.807) is 13.2 Å². The number of pyridine rings is 1. The number of carbonyl (C=O) groups is 1. The molecule has 3 aromatic rings. The Kier molecular flexibility index (Phi) is 6.07. The summed E-state index contributed by atoms with van der Waals surface area (Å²) < 4.78 is 1.53. The fraction of sp³-hybridized carbons (Fsp3) is 0.391. The zero-order valence-electron chi connectivity index (χ0n) is 17.3. The van der Waals surface area contributed by atoms with Crippen LogP contribution in [0.3, 0.4) is 0 Å². The van der Waals surface area contributed by atoms with Gasteiger partial charge in [-0.15, -0.1) is 0 Å². The minimum atomic E-state index is -0.176. The minimum absolute atomic E-state index is 0.0621. The van der Waals surface area contributed by atoms with E-state index in [2.05, 4.69) is 27.4 Å². The number of hydrogen-bond acceptors (Lipinski definition) is 5. The molecule has 156 valence electrons. The molecule has 1 atom stereocenters.